The van der Waals surface area contributed by atoms with Crippen LogP contribution in [0.5, 0.6) is 0 Å². The SMILES string of the molecule is O=C1CCC(C(=O)Nc2cccc3cc(Br)cnc23)CN1. The number of fused-ring (bicyclic) bond motifs is 1. The van der Waals surface area contributed by atoms with Gasteiger partial charge in [-0.05, 0) is 34.5 Å². The first-order valence-electron chi connectivity index (χ1n) is 6.75. The zero-order chi connectivity index (χ0) is 14.8. The molecule has 1 atom stereocenters. The Balaban J connectivity index is 1.81. The lowest BCUT2D eigenvalue weighted by Gasteiger charge is -2.21. The summed E-state index contributed by atoms with van der Waals surface area (Å²) in [5.74, 6) is -0.253. The molecule has 21 heavy (non-hydrogen) atoms. The Bertz CT molecular complexity index is 707. The average molecular weight is 348 g/mol. The Morgan fingerprint density at radius 3 is 3.05 bits per heavy atom. The molecule has 5 nitrogen and oxygen atoms in total. The van der Waals surface area contributed by atoms with Crippen LogP contribution in [0.4, 0.5) is 5.69 Å². The Morgan fingerprint density at radius 2 is 2.29 bits per heavy atom. The number of benzene rings is 1. The topological polar surface area (TPSA) is 71.1 Å². The predicted molar refractivity (Wildman–Crippen MR) is 83.8 cm³/mol. The van der Waals surface area contributed by atoms with Gasteiger partial charge in [0.2, 0.25) is 11.8 Å². The fourth-order valence-electron chi connectivity index (χ4n) is 2.43. The number of piperidine rings is 1. The van der Waals surface area contributed by atoms with Crippen LogP contribution < -0.4 is 10.6 Å². The van der Waals surface area contributed by atoms with Crippen LogP contribution in [0.1, 0.15) is 12.8 Å². The van der Waals surface area contributed by atoms with Gasteiger partial charge in [0.05, 0.1) is 17.1 Å². The first-order chi connectivity index (χ1) is 10.1. The van der Waals surface area contributed by atoms with Crippen molar-refractivity contribution in [2.24, 2.45) is 5.92 Å². The number of amides is 2. The zero-order valence-corrected chi connectivity index (χ0v) is 12.8. The number of hydrogen-bond donors (Lipinski definition) is 2. The van der Waals surface area contributed by atoms with E-state index in [1.54, 1.807) is 6.20 Å². The van der Waals surface area contributed by atoms with E-state index in [4.69, 9.17) is 0 Å². The van der Waals surface area contributed by atoms with Crippen LogP contribution in [0.15, 0.2) is 34.9 Å². The van der Waals surface area contributed by atoms with Crippen molar-refractivity contribution in [3.8, 4) is 0 Å². The highest BCUT2D eigenvalue weighted by Gasteiger charge is 2.24. The molecule has 1 aliphatic rings. The van der Waals surface area contributed by atoms with Crippen LogP contribution in [0, 0.1) is 5.92 Å². The summed E-state index contributed by atoms with van der Waals surface area (Å²) in [7, 11) is 0. The number of halogens is 1. The van der Waals surface area contributed by atoms with Crippen LogP contribution in [0.2, 0.25) is 0 Å². The van der Waals surface area contributed by atoms with E-state index in [0.717, 1.165) is 15.4 Å². The molecule has 1 aliphatic heterocycles. The van der Waals surface area contributed by atoms with Crippen molar-refractivity contribution in [3.05, 3.63) is 34.9 Å². The fraction of sp³-hybridized carbons (Fsp3) is 0.267. The molecule has 0 aliphatic carbocycles. The predicted octanol–water partition coefficient (Wildman–Crippen LogP) is 2.46. The molecule has 2 N–H and O–H groups in total. The van der Waals surface area contributed by atoms with E-state index in [1.165, 1.54) is 0 Å². The van der Waals surface area contributed by atoms with E-state index in [1.807, 2.05) is 24.3 Å². The Kier molecular flexibility index (Phi) is 3.88. The first-order valence-corrected chi connectivity index (χ1v) is 7.54. The molecule has 108 valence electrons. The van der Waals surface area contributed by atoms with Gasteiger partial charge in [-0.3, -0.25) is 14.6 Å². The number of hydrogen-bond acceptors (Lipinski definition) is 3. The molecule has 2 heterocycles. The summed E-state index contributed by atoms with van der Waals surface area (Å²) < 4.78 is 0.897. The van der Waals surface area contributed by atoms with Crippen LogP contribution >= 0.6 is 15.9 Å². The van der Waals surface area contributed by atoms with Gasteiger partial charge in [-0.15, -0.1) is 0 Å². The van der Waals surface area contributed by atoms with Crippen LogP contribution in [-0.2, 0) is 9.59 Å². The summed E-state index contributed by atoms with van der Waals surface area (Å²) in [5.41, 5.74) is 1.45. The van der Waals surface area contributed by atoms with Crippen LogP contribution in [0.3, 0.4) is 0 Å². The number of carbonyl (C=O) groups is 2. The van der Waals surface area contributed by atoms with Gasteiger partial charge in [0, 0.05) is 29.0 Å². The highest BCUT2D eigenvalue weighted by Crippen LogP contribution is 2.25. The molecule has 3 rings (SSSR count). The number of nitrogens with zero attached hydrogens (tertiary/aromatic N) is 1. The summed E-state index contributed by atoms with van der Waals surface area (Å²) in [6, 6.07) is 7.62. The molecule has 2 amide bonds. The Hall–Kier alpha value is -1.95. The fourth-order valence-corrected chi connectivity index (χ4v) is 2.78. The van der Waals surface area contributed by atoms with E-state index < -0.39 is 0 Å². The van der Waals surface area contributed by atoms with Crippen LogP contribution in [-0.4, -0.2) is 23.3 Å². The van der Waals surface area contributed by atoms with Crippen molar-refractivity contribution in [1.82, 2.24) is 10.3 Å². The molecule has 1 unspecified atom stereocenters. The Morgan fingerprint density at radius 1 is 1.43 bits per heavy atom. The maximum atomic E-state index is 12.3. The molecule has 1 aromatic heterocycles. The smallest absolute Gasteiger partial charge is 0.229 e. The lowest BCUT2D eigenvalue weighted by Crippen LogP contribution is -2.40. The van der Waals surface area contributed by atoms with Crippen molar-refractivity contribution in [3.63, 3.8) is 0 Å². The van der Waals surface area contributed by atoms with Gasteiger partial charge < -0.3 is 10.6 Å². The third kappa shape index (κ3) is 3.05. The van der Waals surface area contributed by atoms with Crippen molar-refractivity contribution in [1.29, 1.82) is 0 Å². The van der Waals surface area contributed by atoms with E-state index in [0.29, 0.717) is 25.1 Å². The number of pyridine rings is 1. The van der Waals surface area contributed by atoms with E-state index >= 15 is 0 Å². The lowest BCUT2D eigenvalue weighted by molar-refractivity contribution is -0.126. The second-order valence-electron chi connectivity index (χ2n) is 5.06. The van der Waals surface area contributed by atoms with Gasteiger partial charge in [-0.1, -0.05) is 12.1 Å². The number of aromatic nitrogens is 1. The van der Waals surface area contributed by atoms with Gasteiger partial charge in [-0.25, -0.2) is 0 Å². The molecular formula is C15H14BrN3O2. The third-order valence-electron chi connectivity index (χ3n) is 3.57. The molecule has 0 saturated carbocycles. The molecule has 0 spiro atoms. The molecule has 1 aromatic carbocycles. The first kappa shape index (κ1) is 14.0. The number of para-hydroxylation sites is 1. The highest BCUT2D eigenvalue weighted by molar-refractivity contribution is 9.10. The van der Waals surface area contributed by atoms with E-state index in [2.05, 4.69) is 31.5 Å². The molecule has 0 radical (unpaired) electrons. The summed E-state index contributed by atoms with van der Waals surface area (Å²) in [4.78, 5) is 27.8. The zero-order valence-electron chi connectivity index (χ0n) is 11.2. The van der Waals surface area contributed by atoms with Crippen molar-refractivity contribution < 1.29 is 9.59 Å². The molecule has 6 heteroatoms. The monoisotopic (exact) mass is 347 g/mol. The minimum atomic E-state index is -0.187. The van der Waals surface area contributed by atoms with Gasteiger partial charge in [-0.2, -0.15) is 0 Å². The molecule has 0 bridgehead atoms. The molecule has 1 saturated heterocycles. The van der Waals surface area contributed by atoms with Gasteiger partial charge >= 0.3 is 0 Å². The van der Waals surface area contributed by atoms with Crippen molar-refractivity contribution >= 4 is 44.3 Å². The van der Waals surface area contributed by atoms with Gasteiger partial charge in [0.25, 0.3) is 0 Å². The molecular weight excluding hydrogens is 334 g/mol. The maximum Gasteiger partial charge on any atom is 0.229 e. The normalized spacial score (nSPS) is 18.3. The van der Waals surface area contributed by atoms with Crippen molar-refractivity contribution in [2.75, 3.05) is 11.9 Å². The number of nitrogens with one attached hydrogen (secondary N) is 2. The standard InChI is InChI=1S/C15H14BrN3O2/c16-11-6-9-2-1-3-12(14(9)18-8-11)19-15(21)10-4-5-13(20)17-7-10/h1-3,6,8,10H,4-5,7H2,(H,17,20)(H,19,21). The summed E-state index contributed by atoms with van der Waals surface area (Å²) >= 11 is 3.39. The third-order valence-corrected chi connectivity index (χ3v) is 4.01. The maximum absolute atomic E-state index is 12.3. The minimum absolute atomic E-state index is 0.00993. The highest BCUT2D eigenvalue weighted by atomic mass is 79.9. The average Bonchev–Trinajstić information content (AvgIpc) is 2.47. The minimum Gasteiger partial charge on any atom is -0.355 e. The number of carbonyl (C=O) groups excluding carboxylic acids is 2. The lowest BCUT2D eigenvalue weighted by atomic mass is 9.98. The van der Waals surface area contributed by atoms with Gasteiger partial charge in [0.15, 0.2) is 0 Å². The largest absolute Gasteiger partial charge is 0.355 e. The van der Waals surface area contributed by atoms with Crippen LogP contribution in [0.25, 0.3) is 10.9 Å². The summed E-state index contributed by atoms with van der Waals surface area (Å²) in [5, 5.41) is 6.60. The quantitative estimate of drug-likeness (QED) is 0.876. The van der Waals surface area contributed by atoms with E-state index in [9.17, 15) is 9.59 Å². The number of rotatable bonds is 2. The molecule has 2 aromatic rings. The van der Waals surface area contributed by atoms with E-state index in [-0.39, 0.29) is 17.7 Å². The second kappa shape index (κ2) is 5.81. The summed E-state index contributed by atoms with van der Waals surface area (Å²) in [6.07, 6.45) is 2.69. The second-order valence-corrected chi connectivity index (χ2v) is 5.98. The van der Waals surface area contributed by atoms with Gasteiger partial charge in [0.1, 0.15) is 0 Å². The Labute approximate surface area is 130 Å². The molecule has 1 fully saturated rings. The van der Waals surface area contributed by atoms with Crippen molar-refractivity contribution in [2.45, 2.75) is 12.8 Å². The summed E-state index contributed by atoms with van der Waals surface area (Å²) in [6.45, 7) is 0.397. The number of anilines is 1.